The summed E-state index contributed by atoms with van der Waals surface area (Å²) in [6.07, 6.45) is 0.817. The number of hydrogen-bond acceptors (Lipinski definition) is 5. The van der Waals surface area contributed by atoms with Gasteiger partial charge in [-0.05, 0) is 56.2 Å². The van der Waals surface area contributed by atoms with Crippen LogP contribution in [-0.4, -0.2) is 31.6 Å². The van der Waals surface area contributed by atoms with Crippen molar-refractivity contribution in [1.82, 2.24) is 10.9 Å². The molecule has 0 radical (unpaired) electrons. The van der Waals surface area contributed by atoms with E-state index in [4.69, 9.17) is 14.2 Å². The Morgan fingerprint density at radius 2 is 1.86 bits per heavy atom. The van der Waals surface area contributed by atoms with Crippen molar-refractivity contribution in [2.45, 2.75) is 26.9 Å². The number of amides is 2. The SMILES string of the molecule is C=CCOc1ccc(C(=O)NNC(=O)C(C)Oc2cccc(C)c2C)cc1OC. The van der Waals surface area contributed by atoms with Crippen LogP contribution in [0.15, 0.2) is 49.1 Å². The second kappa shape index (κ2) is 10.2. The van der Waals surface area contributed by atoms with Gasteiger partial charge in [-0.2, -0.15) is 0 Å². The first-order valence-corrected chi connectivity index (χ1v) is 9.12. The molecule has 2 aromatic rings. The minimum Gasteiger partial charge on any atom is -0.493 e. The second-order valence-corrected chi connectivity index (χ2v) is 6.37. The van der Waals surface area contributed by atoms with E-state index in [0.717, 1.165) is 11.1 Å². The maximum atomic E-state index is 12.3. The Labute approximate surface area is 170 Å². The number of nitrogens with one attached hydrogen (secondary N) is 2. The zero-order valence-electron chi connectivity index (χ0n) is 17.1. The van der Waals surface area contributed by atoms with Gasteiger partial charge in [0.1, 0.15) is 12.4 Å². The van der Waals surface area contributed by atoms with Crippen LogP contribution in [0.5, 0.6) is 17.2 Å². The molecule has 0 aliphatic heterocycles. The Hall–Kier alpha value is -3.48. The number of hydrogen-bond donors (Lipinski definition) is 2. The number of ether oxygens (including phenoxy) is 3. The number of methoxy groups -OCH3 is 1. The van der Waals surface area contributed by atoms with Crippen molar-refractivity contribution in [1.29, 1.82) is 0 Å². The quantitative estimate of drug-likeness (QED) is 0.527. The number of carbonyl (C=O) groups excluding carboxylic acids is 2. The molecule has 0 spiro atoms. The number of rotatable bonds is 8. The van der Waals surface area contributed by atoms with Gasteiger partial charge in [0.2, 0.25) is 0 Å². The van der Waals surface area contributed by atoms with Crippen LogP contribution in [0.2, 0.25) is 0 Å². The molecule has 0 aliphatic rings. The summed E-state index contributed by atoms with van der Waals surface area (Å²) in [6, 6.07) is 10.3. The molecular formula is C22H26N2O5. The summed E-state index contributed by atoms with van der Waals surface area (Å²) in [5, 5.41) is 0. The van der Waals surface area contributed by atoms with E-state index >= 15 is 0 Å². The first-order valence-electron chi connectivity index (χ1n) is 9.12. The third-order valence-electron chi connectivity index (χ3n) is 4.31. The number of hydrazine groups is 1. The lowest BCUT2D eigenvalue weighted by Crippen LogP contribution is -2.47. The Morgan fingerprint density at radius 1 is 1.10 bits per heavy atom. The molecule has 2 N–H and O–H groups in total. The van der Waals surface area contributed by atoms with E-state index in [9.17, 15) is 9.59 Å². The van der Waals surface area contributed by atoms with Crippen LogP contribution in [-0.2, 0) is 4.79 Å². The molecule has 1 unspecified atom stereocenters. The molecule has 0 saturated heterocycles. The summed E-state index contributed by atoms with van der Waals surface area (Å²) in [4.78, 5) is 24.6. The van der Waals surface area contributed by atoms with E-state index < -0.39 is 17.9 Å². The van der Waals surface area contributed by atoms with Crippen LogP contribution < -0.4 is 25.1 Å². The highest BCUT2D eigenvalue weighted by molar-refractivity contribution is 5.96. The molecule has 2 amide bonds. The molecule has 7 nitrogen and oxygen atoms in total. The van der Waals surface area contributed by atoms with Gasteiger partial charge in [0.05, 0.1) is 7.11 Å². The maximum absolute atomic E-state index is 12.3. The lowest BCUT2D eigenvalue weighted by molar-refractivity contribution is -0.128. The van der Waals surface area contributed by atoms with Crippen molar-refractivity contribution < 1.29 is 23.8 Å². The van der Waals surface area contributed by atoms with Gasteiger partial charge in [-0.25, -0.2) is 0 Å². The number of carbonyl (C=O) groups is 2. The number of aryl methyl sites for hydroxylation is 1. The Morgan fingerprint density at radius 3 is 2.55 bits per heavy atom. The molecule has 2 aromatic carbocycles. The molecule has 7 heteroatoms. The Bertz CT molecular complexity index is 895. The minimum atomic E-state index is -0.792. The Kier molecular flexibility index (Phi) is 7.65. The maximum Gasteiger partial charge on any atom is 0.279 e. The van der Waals surface area contributed by atoms with Gasteiger partial charge in [-0.3, -0.25) is 20.4 Å². The first-order chi connectivity index (χ1) is 13.9. The highest BCUT2D eigenvalue weighted by Crippen LogP contribution is 2.28. The number of benzene rings is 2. The smallest absolute Gasteiger partial charge is 0.279 e. The molecule has 154 valence electrons. The average Bonchev–Trinajstić information content (AvgIpc) is 2.73. The second-order valence-electron chi connectivity index (χ2n) is 6.37. The molecule has 0 aromatic heterocycles. The third kappa shape index (κ3) is 5.75. The normalized spacial score (nSPS) is 11.2. The molecule has 0 heterocycles. The summed E-state index contributed by atoms with van der Waals surface area (Å²) in [5.41, 5.74) is 7.08. The fourth-order valence-corrected chi connectivity index (χ4v) is 2.46. The predicted octanol–water partition coefficient (Wildman–Crippen LogP) is 3.11. The predicted molar refractivity (Wildman–Crippen MR) is 110 cm³/mol. The molecule has 2 rings (SSSR count). The van der Waals surface area contributed by atoms with E-state index in [-0.39, 0.29) is 0 Å². The molecular weight excluding hydrogens is 372 g/mol. The van der Waals surface area contributed by atoms with Crippen LogP contribution in [0.3, 0.4) is 0 Å². The zero-order chi connectivity index (χ0) is 21.4. The van der Waals surface area contributed by atoms with E-state index in [1.165, 1.54) is 13.2 Å². The van der Waals surface area contributed by atoms with Crippen LogP contribution >= 0.6 is 0 Å². The lowest BCUT2D eigenvalue weighted by Gasteiger charge is -2.17. The Balaban J connectivity index is 1.96. The summed E-state index contributed by atoms with van der Waals surface area (Å²) in [6.45, 7) is 9.40. The van der Waals surface area contributed by atoms with Crippen molar-refractivity contribution in [2.75, 3.05) is 13.7 Å². The fourth-order valence-electron chi connectivity index (χ4n) is 2.46. The summed E-state index contributed by atoms with van der Waals surface area (Å²) in [7, 11) is 1.48. The van der Waals surface area contributed by atoms with Gasteiger partial charge in [0.25, 0.3) is 11.8 Å². The van der Waals surface area contributed by atoms with Crippen molar-refractivity contribution in [3.63, 3.8) is 0 Å². The highest BCUT2D eigenvalue weighted by Gasteiger charge is 2.18. The largest absolute Gasteiger partial charge is 0.493 e. The van der Waals surface area contributed by atoms with Crippen molar-refractivity contribution >= 4 is 11.8 Å². The zero-order valence-corrected chi connectivity index (χ0v) is 17.1. The third-order valence-corrected chi connectivity index (χ3v) is 4.31. The highest BCUT2D eigenvalue weighted by atomic mass is 16.5. The average molecular weight is 398 g/mol. The minimum absolute atomic E-state index is 0.302. The molecule has 0 aliphatic carbocycles. The summed E-state index contributed by atoms with van der Waals surface area (Å²) < 4.78 is 16.4. The van der Waals surface area contributed by atoms with Crippen LogP contribution in [0.4, 0.5) is 0 Å². The van der Waals surface area contributed by atoms with E-state index in [0.29, 0.717) is 29.4 Å². The van der Waals surface area contributed by atoms with E-state index in [2.05, 4.69) is 17.4 Å². The topological polar surface area (TPSA) is 85.9 Å². The van der Waals surface area contributed by atoms with Gasteiger partial charge in [0.15, 0.2) is 17.6 Å². The summed E-state index contributed by atoms with van der Waals surface area (Å²) >= 11 is 0. The van der Waals surface area contributed by atoms with E-state index in [1.54, 1.807) is 31.2 Å². The van der Waals surface area contributed by atoms with Crippen molar-refractivity contribution in [3.8, 4) is 17.2 Å². The molecule has 0 fully saturated rings. The van der Waals surface area contributed by atoms with Crippen LogP contribution in [0, 0.1) is 13.8 Å². The van der Waals surface area contributed by atoms with Gasteiger partial charge < -0.3 is 14.2 Å². The van der Waals surface area contributed by atoms with Gasteiger partial charge in [0, 0.05) is 5.56 Å². The molecule has 1 atom stereocenters. The van der Waals surface area contributed by atoms with Crippen LogP contribution in [0.1, 0.15) is 28.4 Å². The first kappa shape index (κ1) is 21.8. The van der Waals surface area contributed by atoms with Gasteiger partial charge >= 0.3 is 0 Å². The lowest BCUT2D eigenvalue weighted by atomic mass is 10.1. The molecule has 0 bridgehead atoms. The standard InChI is InChI=1S/C22H26N2O5/c1-6-12-28-19-11-10-17(13-20(19)27-5)22(26)24-23-21(25)16(4)29-18-9-7-8-14(2)15(18)3/h6-11,13,16H,1,12H2,2-5H3,(H,23,25)(H,24,26). The molecule has 29 heavy (non-hydrogen) atoms. The monoisotopic (exact) mass is 398 g/mol. The molecule has 0 saturated carbocycles. The van der Waals surface area contributed by atoms with Crippen molar-refractivity contribution in [2.24, 2.45) is 0 Å². The fraction of sp³-hybridized carbons (Fsp3) is 0.273. The van der Waals surface area contributed by atoms with Crippen molar-refractivity contribution in [3.05, 3.63) is 65.7 Å². The van der Waals surface area contributed by atoms with E-state index in [1.807, 2.05) is 26.0 Å². The van der Waals surface area contributed by atoms with Crippen LogP contribution in [0.25, 0.3) is 0 Å². The summed E-state index contributed by atoms with van der Waals surface area (Å²) in [5.74, 6) is 0.544. The van der Waals surface area contributed by atoms with Gasteiger partial charge in [-0.15, -0.1) is 0 Å². The van der Waals surface area contributed by atoms with Gasteiger partial charge in [-0.1, -0.05) is 24.8 Å².